The second-order valence-electron chi connectivity index (χ2n) is 9.61. The van der Waals surface area contributed by atoms with Gasteiger partial charge < -0.3 is 4.79 Å². The van der Waals surface area contributed by atoms with Gasteiger partial charge in [-0.3, -0.25) is 4.39 Å². The van der Waals surface area contributed by atoms with Gasteiger partial charge in [-0.25, -0.2) is 0 Å². The van der Waals surface area contributed by atoms with Gasteiger partial charge in [-0.2, -0.15) is 0 Å². The molecule has 4 rings (SSSR count). The molecule has 0 N–H and O–H groups in total. The molecule has 1 nitrogen and oxygen atoms in total. The van der Waals surface area contributed by atoms with Gasteiger partial charge in [0.25, 0.3) is 0 Å². The molecule has 0 aromatic rings. The van der Waals surface area contributed by atoms with Crippen molar-refractivity contribution in [3.05, 3.63) is 0 Å². The summed E-state index contributed by atoms with van der Waals surface area (Å²) in [6.45, 7) is 2.28. The second-order valence-corrected chi connectivity index (χ2v) is 9.61. The number of rotatable bonds is 3. The molecule has 132 valence electrons. The molecule has 0 aliphatic heterocycles. The van der Waals surface area contributed by atoms with Gasteiger partial charge in [0.15, 0.2) is 0 Å². The molecule has 0 spiro atoms. The second kappa shape index (κ2) is 6.43. The van der Waals surface area contributed by atoms with Gasteiger partial charge in [0.2, 0.25) is 0 Å². The average molecular weight is 330 g/mol. The molecule has 24 heavy (non-hydrogen) atoms. The third-order valence-corrected chi connectivity index (χ3v) is 8.87. The van der Waals surface area contributed by atoms with Gasteiger partial charge in [0, 0.05) is 5.92 Å². The molecule has 8 atom stereocenters. The number of carbonyl (C=O) groups excluding carboxylic acids is 1. The van der Waals surface area contributed by atoms with Gasteiger partial charge in [-0.1, -0.05) is 6.92 Å². The van der Waals surface area contributed by atoms with Crippen molar-refractivity contribution >= 4 is 13.6 Å². The van der Waals surface area contributed by atoms with E-state index >= 15 is 0 Å². The van der Waals surface area contributed by atoms with Crippen molar-refractivity contribution < 1.29 is 9.18 Å². The number of hydrogen-bond donors (Lipinski definition) is 0. The van der Waals surface area contributed by atoms with Crippen LogP contribution in [-0.2, 0) is 4.79 Å². The predicted octanol–water partition coefficient (Wildman–Crippen LogP) is 5.00. The average Bonchev–Trinajstić information content (AvgIpc) is 2.97. The van der Waals surface area contributed by atoms with Crippen molar-refractivity contribution in [2.24, 2.45) is 46.8 Å². The molecule has 0 aromatic heterocycles. The monoisotopic (exact) mass is 330 g/mol. The summed E-state index contributed by atoms with van der Waals surface area (Å²) in [6.07, 6.45) is 11.2. The highest BCUT2D eigenvalue weighted by atomic mass is 19.1. The van der Waals surface area contributed by atoms with Crippen molar-refractivity contribution in [3.63, 3.8) is 0 Å². The van der Waals surface area contributed by atoms with E-state index in [1.165, 1.54) is 38.5 Å². The highest BCUT2D eigenvalue weighted by molar-refractivity contribution is 6.20. The third-order valence-electron chi connectivity index (χ3n) is 8.87. The van der Waals surface area contributed by atoms with Crippen LogP contribution < -0.4 is 0 Å². The van der Waals surface area contributed by atoms with E-state index in [0.29, 0.717) is 11.7 Å². The quantitative estimate of drug-likeness (QED) is 0.666. The van der Waals surface area contributed by atoms with Gasteiger partial charge in [0.05, 0.1) is 14.5 Å². The maximum absolute atomic E-state index is 13.1. The Labute approximate surface area is 147 Å². The van der Waals surface area contributed by atoms with Crippen LogP contribution in [-0.4, -0.2) is 20.3 Å². The first-order valence-electron chi connectivity index (χ1n) is 10.4. The first-order valence-corrected chi connectivity index (χ1v) is 10.4. The van der Waals surface area contributed by atoms with Crippen LogP contribution in [0.4, 0.5) is 4.39 Å². The number of alkyl halides is 1. The fourth-order valence-electron chi connectivity index (χ4n) is 7.76. The molecule has 3 heteroatoms. The van der Waals surface area contributed by atoms with Gasteiger partial charge >= 0.3 is 0 Å². The van der Waals surface area contributed by atoms with Crippen molar-refractivity contribution in [1.82, 2.24) is 0 Å². The Hall–Kier alpha value is -0.335. The Bertz CT molecular complexity index is 494. The first-order chi connectivity index (χ1) is 11.6. The van der Waals surface area contributed by atoms with Gasteiger partial charge in [-0.15, -0.1) is 0 Å². The summed E-state index contributed by atoms with van der Waals surface area (Å²) < 4.78 is 13.1. The minimum absolute atomic E-state index is 0.110. The molecule has 8 unspecified atom stereocenters. The van der Waals surface area contributed by atoms with Crippen LogP contribution >= 0.6 is 0 Å². The zero-order chi connectivity index (χ0) is 16.9. The first kappa shape index (κ1) is 17.1. The third kappa shape index (κ3) is 2.51. The highest BCUT2D eigenvalue weighted by Crippen LogP contribution is 2.64. The minimum Gasteiger partial charge on any atom is -0.300 e. The Balaban J connectivity index is 1.52. The minimum atomic E-state index is -0.110. The summed E-state index contributed by atoms with van der Waals surface area (Å²) in [7, 11) is 5.70. The molecule has 0 aromatic carbocycles. The predicted molar refractivity (Wildman–Crippen MR) is 95.6 cm³/mol. The topological polar surface area (TPSA) is 17.1 Å². The van der Waals surface area contributed by atoms with E-state index in [0.717, 1.165) is 48.9 Å². The largest absolute Gasteiger partial charge is 0.300 e. The highest BCUT2D eigenvalue weighted by Gasteiger charge is 2.57. The Morgan fingerprint density at radius 3 is 2.58 bits per heavy atom. The number of carbonyl (C=O) groups is 1. The van der Waals surface area contributed by atoms with Crippen molar-refractivity contribution in [3.8, 4) is 0 Å². The molecule has 0 bridgehead atoms. The zero-order valence-electron chi connectivity index (χ0n) is 15.2. The SMILES string of the molecule is [B]CC(=O)C1CCC2C3CCC4CC(CF)CCC4C3CCC12C. The van der Waals surface area contributed by atoms with Gasteiger partial charge in [0.1, 0.15) is 5.78 Å². The van der Waals surface area contributed by atoms with Crippen molar-refractivity contribution in [1.29, 1.82) is 0 Å². The van der Waals surface area contributed by atoms with Crippen LogP contribution in [0.5, 0.6) is 0 Å². The molecule has 2 radical (unpaired) electrons. The summed E-state index contributed by atoms with van der Waals surface area (Å²) in [5.74, 6) is 4.90. The van der Waals surface area contributed by atoms with Crippen molar-refractivity contribution in [2.45, 2.75) is 71.0 Å². The van der Waals surface area contributed by atoms with E-state index in [2.05, 4.69) is 6.92 Å². The maximum atomic E-state index is 13.1. The summed E-state index contributed by atoms with van der Waals surface area (Å²) in [5, 5.41) is 0. The molecular formula is C21H32BFO. The Morgan fingerprint density at radius 1 is 1.04 bits per heavy atom. The molecule has 4 saturated carbocycles. The van der Waals surface area contributed by atoms with E-state index in [9.17, 15) is 9.18 Å². The van der Waals surface area contributed by atoms with Crippen LogP contribution in [0.25, 0.3) is 0 Å². The summed E-state index contributed by atoms with van der Waals surface area (Å²) in [5.41, 5.74) is 0.209. The van der Waals surface area contributed by atoms with Crippen LogP contribution in [0.2, 0.25) is 6.32 Å². The van der Waals surface area contributed by atoms with E-state index < -0.39 is 0 Å². The lowest BCUT2D eigenvalue weighted by Gasteiger charge is -2.56. The molecular weight excluding hydrogens is 298 g/mol. The summed E-state index contributed by atoms with van der Waals surface area (Å²) in [6, 6.07) is 0. The molecule has 4 aliphatic carbocycles. The van der Waals surface area contributed by atoms with Crippen LogP contribution in [0.1, 0.15) is 64.7 Å². The lowest BCUT2D eigenvalue weighted by Crippen LogP contribution is -2.49. The Morgan fingerprint density at radius 2 is 1.83 bits per heavy atom. The molecule has 4 aliphatic rings. The van der Waals surface area contributed by atoms with Crippen LogP contribution in [0.15, 0.2) is 0 Å². The number of hydrogen-bond acceptors (Lipinski definition) is 1. The Kier molecular flexibility index (Phi) is 4.58. The fraction of sp³-hybridized carbons (Fsp3) is 0.952. The van der Waals surface area contributed by atoms with Crippen molar-refractivity contribution in [2.75, 3.05) is 6.67 Å². The van der Waals surface area contributed by atoms with Gasteiger partial charge in [-0.05, 0) is 105 Å². The molecule has 0 saturated heterocycles. The summed E-state index contributed by atoms with van der Waals surface area (Å²) >= 11 is 0. The maximum Gasteiger partial charge on any atom is 0.128 e. The lowest BCUT2D eigenvalue weighted by molar-refractivity contribution is -0.128. The van der Waals surface area contributed by atoms with E-state index in [1.807, 2.05) is 0 Å². The number of halogens is 1. The number of Topliss-reactive ketones (excluding diaryl/α,β-unsaturated/α-hetero) is 1. The van der Waals surface area contributed by atoms with Crippen LogP contribution in [0.3, 0.4) is 0 Å². The number of ketones is 1. The van der Waals surface area contributed by atoms with Crippen LogP contribution in [0, 0.1) is 46.8 Å². The normalized spacial score (nSPS) is 50.7. The number of fused-ring (bicyclic) bond motifs is 5. The molecule has 0 heterocycles. The zero-order valence-corrected chi connectivity index (χ0v) is 15.2. The van der Waals surface area contributed by atoms with E-state index in [-0.39, 0.29) is 24.3 Å². The molecule has 0 amide bonds. The fourth-order valence-corrected chi connectivity index (χ4v) is 7.76. The smallest absolute Gasteiger partial charge is 0.128 e. The standard InChI is InChI=1S/C21H32BFO/c1-21-9-8-16-15-4-2-13(12-23)10-14(15)3-5-17(16)18(21)6-7-19(21)20(24)11-22/h13-19H,2-12H2,1H3. The van der Waals surface area contributed by atoms with E-state index in [1.54, 1.807) is 0 Å². The van der Waals surface area contributed by atoms with E-state index in [4.69, 9.17) is 7.85 Å². The lowest BCUT2D eigenvalue weighted by atomic mass is 9.49. The molecule has 4 fully saturated rings. The summed E-state index contributed by atoms with van der Waals surface area (Å²) in [4.78, 5) is 12.4.